The van der Waals surface area contributed by atoms with Crippen molar-refractivity contribution in [2.24, 2.45) is 0 Å². The molecular formula is C23H22N4O3. The Hall–Kier alpha value is -3.87. The van der Waals surface area contributed by atoms with E-state index in [1.54, 1.807) is 25.8 Å². The summed E-state index contributed by atoms with van der Waals surface area (Å²) in [5, 5.41) is 3.25. The molecule has 3 heterocycles. The highest BCUT2D eigenvalue weighted by Crippen LogP contribution is 2.30. The van der Waals surface area contributed by atoms with Gasteiger partial charge in [0.25, 0.3) is 0 Å². The van der Waals surface area contributed by atoms with Gasteiger partial charge in [0.05, 0.1) is 25.7 Å². The molecule has 1 N–H and O–H groups in total. The van der Waals surface area contributed by atoms with Crippen molar-refractivity contribution in [3.05, 3.63) is 73.3 Å². The van der Waals surface area contributed by atoms with E-state index in [9.17, 15) is 0 Å². The van der Waals surface area contributed by atoms with Crippen LogP contribution in [-0.2, 0) is 0 Å². The van der Waals surface area contributed by atoms with Crippen molar-refractivity contribution in [1.82, 2.24) is 15.0 Å². The lowest BCUT2D eigenvalue weighted by Crippen LogP contribution is -2.10. The maximum absolute atomic E-state index is 5.80. The predicted octanol–water partition coefficient (Wildman–Crippen LogP) is 4.69. The van der Waals surface area contributed by atoms with Crippen molar-refractivity contribution in [3.8, 4) is 34.2 Å². The van der Waals surface area contributed by atoms with Crippen molar-refractivity contribution < 1.29 is 13.9 Å². The number of para-hydroxylation sites is 2. The highest BCUT2D eigenvalue weighted by molar-refractivity contribution is 5.76. The van der Waals surface area contributed by atoms with Gasteiger partial charge in [0, 0.05) is 24.5 Å². The van der Waals surface area contributed by atoms with Crippen LogP contribution in [0.2, 0.25) is 0 Å². The minimum atomic E-state index is 0.526. The van der Waals surface area contributed by atoms with Crippen molar-refractivity contribution in [3.63, 3.8) is 0 Å². The summed E-state index contributed by atoms with van der Waals surface area (Å²) < 4.78 is 16.7. The number of hydrogen-bond acceptors (Lipinski definition) is 7. The van der Waals surface area contributed by atoms with Crippen molar-refractivity contribution in [2.45, 2.75) is 6.42 Å². The first kappa shape index (κ1) is 19.4. The summed E-state index contributed by atoms with van der Waals surface area (Å²) in [6.45, 7) is 1.21. The summed E-state index contributed by atoms with van der Waals surface area (Å²) in [7, 11) is 1.63. The number of anilines is 1. The molecule has 0 radical (unpaired) electrons. The lowest BCUT2D eigenvalue weighted by Gasteiger charge is -2.11. The van der Waals surface area contributed by atoms with Gasteiger partial charge < -0.3 is 19.2 Å². The first-order valence-electron chi connectivity index (χ1n) is 9.67. The molecule has 30 heavy (non-hydrogen) atoms. The minimum Gasteiger partial charge on any atom is -0.493 e. The summed E-state index contributed by atoms with van der Waals surface area (Å²) in [5.74, 6) is 2.65. The van der Waals surface area contributed by atoms with Crippen LogP contribution in [0.4, 0.5) is 5.95 Å². The Morgan fingerprint density at radius 2 is 1.83 bits per heavy atom. The summed E-state index contributed by atoms with van der Waals surface area (Å²) in [6, 6.07) is 17.0. The smallest absolute Gasteiger partial charge is 0.223 e. The Morgan fingerprint density at radius 1 is 0.967 bits per heavy atom. The van der Waals surface area contributed by atoms with E-state index in [4.69, 9.17) is 13.9 Å². The van der Waals surface area contributed by atoms with E-state index < -0.39 is 0 Å². The molecule has 0 saturated heterocycles. The quantitative estimate of drug-likeness (QED) is 0.407. The number of nitrogens with one attached hydrogen (secondary N) is 1. The van der Waals surface area contributed by atoms with E-state index in [0.717, 1.165) is 29.2 Å². The van der Waals surface area contributed by atoms with Crippen LogP contribution in [0.1, 0.15) is 6.42 Å². The maximum Gasteiger partial charge on any atom is 0.223 e. The number of nitrogens with zero attached hydrogens (tertiary/aromatic N) is 3. The molecule has 0 aliphatic heterocycles. The number of aromatic nitrogens is 3. The zero-order chi connectivity index (χ0) is 20.6. The molecule has 0 atom stereocenters. The van der Waals surface area contributed by atoms with Gasteiger partial charge in [-0.25, -0.2) is 9.97 Å². The second kappa shape index (κ2) is 9.56. The molecule has 0 spiro atoms. The number of hydrogen-bond donors (Lipinski definition) is 1. The lowest BCUT2D eigenvalue weighted by atomic mass is 10.1. The van der Waals surface area contributed by atoms with E-state index >= 15 is 0 Å². The van der Waals surface area contributed by atoms with Gasteiger partial charge in [0.1, 0.15) is 5.69 Å². The zero-order valence-electron chi connectivity index (χ0n) is 16.6. The Bertz CT molecular complexity index is 1070. The van der Waals surface area contributed by atoms with Gasteiger partial charge in [-0.05, 0) is 42.8 Å². The van der Waals surface area contributed by atoms with E-state index in [1.165, 1.54) is 0 Å². The number of methoxy groups -OCH3 is 1. The Morgan fingerprint density at radius 3 is 2.60 bits per heavy atom. The van der Waals surface area contributed by atoms with Crippen LogP contribution in [-0.4, -0.2) is 35.2 Å². The number of benzene rings is 1. The topological polar surface area (TPSA) is 82.3 Å². The van der Waals surface area contributed by atoms with Crippen molar-refractivity contribution in [2.75, 3.05) is 25.6 Å². The maximum atomic E-state index is 5.80. The average molecular weight is 402 g/mol. The molecule has 0 bridgehead atoms. The molecule has 7 heteroatoms. The number of pyridine rings is 1. The van der Waals surface area contributed by atoms with Crippen LogP contribution >= 0.6 is 0 Å². The molecule has 1 aromatic carbocycles. The second-order valence-corrected chi connectivity index (χ2v) is 6.43. The molecule has 0 amide bonds. The van der Waals surface area contributed by atoms with Gasteiger partial charge in [-0.2, -0.15) is 0 Å². The normalized spacial score (nSPS) is 10.6. The molecular weight excluding hydrogens is 380 g/mol. The molecule has 7 nitrogen and oxygen atoms in total. The van der Waals surface area contributed by atoms with Crippen LogP contribution < -0.4 is 14.8 Å². The van der Waals surface area contributed by atoms with Crippen LogP contribution in [0.15, 0.2) is 77.7 Å². The molecule has 0 aliphatic rings. The van der Waals surface area contributed by atoms with Crippen molar-refractivity contribution >= 4 is 5.95 Å². The largest absolute Gasteiger partial charge is 0.493 e. The minimum absolute atomic E-state index is 0.526. The fraction of sp³-hybridized carbons (Fsp3) is 0.174. The zero-order valence-corrected chi connectivity index (χ0v) is 16.6. The average Bonchev–Trinajstić information content (AvgIpc) is 3.34. The monoisotopic (exact) mass is 402 g/mol. The lowest BCUT2D eigenvalue weighted by molar-refractivity contribution is 0.292. The molecule has 0 aliphatic carbocycles. The van der Waals surface area contributed by atoms with Gasteiger partial charge in [-0.15, -0.1) is 0 Å². The van der Waals surface area contributed by atoms with Gasteiger partial charge in [0.2, 0.25) is 5.95 Å². The standard InChI is InChI=1S/C23H22N4O3/c1-28-19-9-2-3-10-20(19)29-15-7-13-25-23-26-16-17(18-8-4-5-12-24-18)22(27-23)21-11-6-14-30-21/h2-6,8-12,14,16H,7,13,15H2,1H3,(H,25,26,27). The molecule has 0 unspecified atom stereocenters. The fourth-order valence-corrected chi connectivity index (χ4v) is 2.97. The molecule has 3 aromatic heterocycles. The Labute approximate surface area is 174 Å². The van der Waals surface area contributed by atoms with E-state index in [0.29, 0.717) is 30.6 Å². The Balaban J connectivity index is 1.41. The first-order valence-corrected chi connectivity index (χ1v) is 9.67. The van der Waals surface area contributed by atoms with Crippen LogP contribution in [0, 0.1) is 0 Å². The van der Waals surface area contributed by atoms with Gasteiger partial charge in [0.15, 0.2) is 17.3 Å². The van der Waals surface area contributed by atoms with E-state index in [2.05, 4.69) is 20.3 Å². The SMILES string of the molecule is COc1ccccc1OCCCNc1ncc(-c2ccccn2)c(-c2ccco2)n1. The van der Waals surface area contributed by atoms with Crippen molar-refractivity contribution in [1.29, 1.82) is 0 Å². The summed E-state index contributed by atoms with van der Waals surface area (Å²) in [5.41, 5.74) is 2.30. The van der Waals surface area contributed by atoms with E-state index in [-0.39, 0.29) is 0 Å². The summed E-state index contributed by atoms with van der Waals surface area (Å²) in [4.78, 5) is 13.5. The third-order valence-corrected chi connectivity index (χ3v) is 4.42. The third kappa shape index (κ3) is 4.57. The number of ether oxygens (including phenoxy) is 2. The summed E-state index contributed by atoms with van der Waals surface area (Å²) >= 11 is 0. The Kier molecular flexibility index (Phi) is 6.19. The number of furan rings is 1. The van der Waals surface area contributed by atoms with Gasteiger partial charge >= 0.3 is 0 Å². The fourth-order valence-electron chi connectivity index (χ4n) is 2.97. The molecule has 0 saturated carbocycles. The predicted molar refractivity (Wildman–Crippen MR) is 115 cm³/mol. The van der Waals surface area contributed by atoms with E-state index in [1.807, 2.05) is 54.6 Å². The van der Waals surface area contributed by atoms with Crippen LogP contribution in [0.3, 0.4) is 0 Å². The first-order chi connectivity index (χ1) is 14.8. The van der Waals surface area contributed by atoms with Gasteiger partial charge in [-0.3, -0.25) is 4.98 Å². The molecule has 0 fully saturated rings. The highest BCUT2D eigenvalue weighted by atomic mass is 16.5. The third-order valence-electron chi connectivity index (χ3n) is 4.42. The highest BCUT2D eigenvalue weighted by Gasteiger charge is 2.14. The van der Waals surface area contributed by atoms with Crippen LogP contribution in [0.25, 0.3) is 22.7 Å². The summed E-state index contributed by atoms with van der Waals surface area (Å²) in [6.07, 6.45) is 5.91. The molecule has 4 aromatic rings. The number of rotatable bonds is 9. The molecule has 152 valence electrons. The second-order valence-electron chi connectivity index (χ2n) is 6.43. The molecule has 4 rings (SSSR count). The van der Waals surface area contributed by atoms with Gasteiger partial charge in [-0.1, -0.05) is 18.2 Å². The van der Waals surface area contributed by atoms with Crippen LogP contribution in [0.5, 0.6) is 11.5 Å².